The molecule has 0 aliphatic rings. The second-order valence-corrected chi connectivity index (χ2v) is 3.53. The van der Waals surface area contributed by atoms with Crippen LogP contribution in [-0.4, -0.2) is 26.4 Å². The Kier molecular flexibility index (Phi) is 5.47. The third-order valence-electron chi connectivity index (χ3n) is 2.00. The van der Waals surface area contributed by atoms with E-state index in [0.29, 0.717) is 12.2 Å². The Morgan fingerprint density at radius 1 is 1.47 bits per heavy atom. The number of hydrogen-bond donors (Lipinski definition) is 1. The second kappa shape index (κ2) is 6.89. The molecule has 0 bridgehead atoms. The van der Waals surface area contributed by atoms with Crippen LogP contribution in [0.4, 0.5) is 4.39 Å². The van der Waals surface area contributed by atoms with Crippen molar-refractivity contribution in [3.63, 3.8) is 0 Å². The van der Waals surface area contributed by atoms with Gasteiger partial charge in [0.05, 0.1) is 13.2 Å². The van der Waals surface area contributed by atoms with E-state index in [1.54, 1.807) is 26.2 Å². The maximum Gasteiger partial charge on any atom is 0.165 e. The molecule has 0 heterocycles. The van der Waals surface area contributed by atoms with Crippen LogP contribution in [0, 0.1) is 17.7 Å². The average Bonchev–Trinajstić information content (AvgIpc) is 2.30. The van der Waals surface area contributed by atoms with Crippen LogP contribution in [0.15, 0.2) is 18.2 Å². The fourth-order valence-corrected chi connectivity index (χ4v) is 1.31. The van der Waals surface area contributed by atoms with E-state index in [-0.39, 0.29) is 18.4 Å². The number of ether oxygens (including phenoxy) is 2. The SMILES string of the molecule is COCC(C)Oc1cc(C#CCN)ccc1F. The summed E-state index contributed by atoms with van der Waals surface area (Å²) in [6.45, 7) is 2.48. The van der Waals surface area contributed by atoms with Crippen LogP contribution in [-0.2, 0) is 4.74 Å². The summed E-state index contributed by atoms with van der Waals surface area (Å²) in [5.74, 6) is 5.30. The lowest BCUT2D eigenvalue weighted by Crippen LogP contribution is -2.18. The molecule has 0 aromatic heterocycles. The third-order valence-corrected chi connectivity index (χ3v) is 2.00. The maximum atomic E-state index is 13.5. The molecule has 0 fully saturated rings. The first-order valence-electron chi connectivity index (χ1n) is 5.31. The van der Waals surface area contributed by atoms with Crippen molar-refractivity contribution in [3.05, 3.63) is 29.6 Å². The van der Waals surface area contributed by atoms with Crippen molar-refractivity contribution < 1.29 is 13.9 Å². The highest BCUT2D eigenvalue weighted by Gasteiger charge is 2.08. The van der Waals surface area contributed by atoms with Gasteiger partial charge in [-0.25, -0.2) is 4.39 Å². The van der Waals surface area contributed by atoms with E-state index < -0.39 is 5.82 Å². The molecular weight excluding hydrogens is 221 g/mol. The van der Waals surface area contributed by atoms with Crippen LogP contribution in [0.1, 0.15) is 12.5 Å². The Morgan fingerprint density at radius 2 is 2.24 bits per heavy atom. The van der Waals surface area contributed by atoms with Gasteiger partial charge in [0, 0.05) is 12.7 Å². The molecule has 4 heteroatoms. The first kappa shape index (κ1) is 13.5. The number of hydrogen-bond acceptors (Lipinski definition) is 3. The molecule has 1 unspecified atom stereocenters. The number of rotatable bonds is 4. The van der Waals surface area contributed by atoms with Gasteiger partial charge in [-0.2, -0.15) is 0 Å². The number of methoxy groups -OCH3 is 1. The first-order chi connectivity index (χ1) is 8.17. The zero-order valence-corrected chi connectivity index (χ0v) is 10.00. The highest BCUT2D eigenvalue weighted by molar-refractivity contribution is 5.40. The normalized spacial score (nSPS) is 11.5. The van der Waals surface area contributed by atoms with Crippen LogP contribution in [0.2, 0.25) is 0 Å². The molecule has 0 saturated heterocycles. The summed E-state index contributed by atoms with van der Waals surface area (Å²) in [7, 11) is 1.57. The highest BCUT2D eigenvalue weighted by atomic mass is 19.1. The Labute approximate surface area is 101 Å². The smallest absolute Gasteiger partial charge is 0.165 e. The van der Waals surface area contributed by atoms with Crippen molar-refractivity contribution in [1.29, 1.82) is 0 Å². The van der Waals surface area contributed by atoms with Crippen LogP contribution in [0.5, 0.6) is 5.75 Å². The molecule has 2 N–H and O–H groups in total. The molecule has 0 radical (unpaired) electrons. The molecule has 0 aliphatic carbocycles. The van der Waals surface area contributed by atoms with Crippen LogP contribution in [0.25, 0.3) is 0 Å². The standard InChI is InChI=1S/C13H16FNO2/c1-10(9-16-2)17-13-8-11(4-3-7-15)5-6-12(13)14/h5-6,8,10H,7,9,15H2,1-2H3. The lowest BCUT2D eigenvalue weighted by Gasteiger charge is -2.14. The summed E-state index contributed by atoms with van der Waals surface area (Å²) in [6.07, 6.45) is -0.216. The van der Waals surface area contributed by atoms with Gasteiger partial charge in [-0.3, -0.25) is 0 Å². The van der Waals surface area contributed by atoms with Gasteiger partial charge < -0.3 is 15.2 Å². The van der Waals surface area contributed by atoms with Gasteiger partial charge in [0.1, 0.15) is 6.10 Å². The minimum atomic E-state index is -0.411. The first-order valence-corrected chi connectivity index (χ1v) is 5.31. The third kappa shape index (κ3) is 4.43. The highest BCUT2D eigenvalue weighted by Crippen LogP contribution is 2.19. The molecule has 0 aliphatic heterocycles. The molecule has 1 atom stereocenters. The topological polar surface area (TPSA) is 44.5 Å². The van der Waals surface area contributed by atoms with E-state index in [9.17, 15) is 4.39 Å². The van der Waals surface area contributed by atoms with Crippen LogP contribution < -0.4 is 10.5 Å². The summed E-state index contributed by atoms with van der Waals surface area (Å²) < 4.78 is 23.8. The van der Waals surface area contributed by atoms with Gasteiger partial charge in [-0.1, -0.05) is 11.8 Å². The maximum absolute atomic E-state index is 13.5. The molecule has 1 rings (SSSR count). The molecule has 17 heavy (non-hydrogen) atoms. The summed E-state index contributed by atoms with van der Waals surface area (Å²) in [4.78, 5) is 0. The van der Waals surface area contributed by atoms with Crippen molar-refractivity contribution >= 4 is 0 Å². The predicted octanol–water partition coefficient (Wildman–Crippen LogP) is 1.55. The lowest BCUT2D eigenvalue weighted by atomic mass is 10.2. The largest absolute Gasteiger partial charge is 0.485 e. The van der Waals surface area contributed by atoms with Gasteiger partial charge in [-0.05, 0) is 25.1 Å². The van der Waals surface area contributed by atoms with E-state index in [1.807, 2.05) is 0 Å². The average molecular weight is 237 g/mol. The zero-order valence-electron chi connectivity index (χ0n) is 10.00. The van der Waals surface area contributed by atoms with E-state index in [1.165, 1.54) is 6.07 Å². The Morgan fingerprint density at radius 3 is 2.88 bits per heavy atom. The van der Waals surface area contributed by atoms with Crippen molar-refractivity contribution in [1.82, 2.24) is 0 Å². The zero-order chi connectivity index (χ0) is 12.7. The van der Waals surface area contributed by atoms with Crippen molar-refractivity contribution in [2.24, 2.45) is 5.73 Å². The number of halogens is 1. The lowest BCUT2D eigenvalue weighted by molar-refractivity contribution is 0.0893. The van der Waals surface area contributed by atoms with Crippen LogP contribution in [0.3, 0.4) is 0 Å². The predicted molar refractivity (Wildman–Crippen MR) is 64.3 cm³/mol. The van der Waals surface area contributed by atoms with E-state index in [2.05, 4.69) is 11.8 Å². The molecule has 1 aromatic carbocycles. The van der Waals surface area contributed by atoms with Gasteiger partial charge in [0.2, 0.25) is 0 Å². The minimum Gasteiger partial charge on any atom is -0.485 e. The quantitative estimate of drug-likeness (QED) is 0.808. The monoisotopic (exact) mass is 237 g/mol. The van der Waals surface area contributed by atoms with Crippen LogP contribution >= 0.6 is 0 Å². The van der Waals surface area contributed by atoms with Crippen molar-refractivity contribution in [2.75, 3.05) is 20.3 Å². The fraction of sp³-hybridized carbons (Fsp3) is 0.385. The minimum absolute atomic E-state index is 0.179. The second-order valence-electron chi connectivity index (χ2n) is 3.53. The van der Waals surface area contributed by atoms with E-state index >= 15 is 0 Å². The Hall–Kier alpha value is -1.57. The molecule has 0 spiro atoms. The summed E-state index contributed by atoms with van der Waals surface area (Å²) in [5, 5.41) is 0. The number of nitrogens with two attached hydrogens (primary N) is 1. The van der Waals surface area contributed by atoms with E-state index in [0.717, 1.165) is 0 Å². The Balaban J connectivity index is 2.83. The molecule has 92 valence electrons. The summed E-state index contributed by atoms with van der Waals surface area (Å²) >= 11 is 0. The molecule has 0 saturated carbocycles. The van der Waals surface area contributed by atoms with Gasteiger partial charge in [0.25, 0.3) is 0 Å². The summed E-state index contributed by atoms with van der Waals surface area (Å²) in [5.41, 5.74) is 5.95. The molecule has 3 nitrogen and oxygen atoms in total. The van der Waals surface area contributed by atoms with Gasteiger partial charge in [-0.15, -0.1) is 0 Å². The van der Waals surface area contributed by atoms with Crippen molar-refractivity contribution in [3.8, 4) is 17.6 Å². The summed E-state index contributed by atoms with van der Waals surface area (Å²) in [6, 6.07) is 4.48. The van der Waals surface area contributed by atoms with Gasteiger partial charge >= 0.3 is 0 Å². The Bertz CT molecular complexity index is 423. The molecule has 0 amide bonds. The molecular formula is C13H16FNO2. The molecule has 1 aromatic rings. The fourth-order valence-electron chi connectivity index (χ4n) is 1.31. The van der Waals surface area contributed by atoms with E-state index in [4.69, 9.17) is 15.2 Å². The number of benzene rings is 1. The van der Waals surface area contributed by atoms with Crippen molar-refractivity contribution in [2.45, 2.75) is 13.0 Å². The van der Waals surface area contributed by atoms with Gasteiger partial charge in [0.15, 0.2) is 11.6 Å².